The van der Waals surface area contributed by atoms with Crippen LogP contribution in [0, 0.1) is 0 Å². The molecule has 2 N–H and O–H groups in total. The summed E-state index contributed by atoms with van der Waals surface area (Å²) in [7, 11) is 0. The van der Waals surface area contributed by atoms with Crippen molar-refractivity contribution in [3.63, 3.8) is 0 Å². The molecule has 1 unspecified atom stereocenters. The molecule has 0 heterocycles. The van der Waals surface area contributed by atoms with Gasteiger partial charge in [0.25, 0.3) is 11.8 Å². The lowest BCUT2D eigenvalue weighted by molar-refractivity contribution is -0.128. The van der Waals surface area contributed by atoms with Crippen molar-refractivity contribution in [2.24, 2.45) is 0 Å². The zero-order valence-electron chi connectivity index (χ0n) is 12.2. The first-order chi connectivity index (χ1) is 11.0. The van der Waals surface area contributed by atoms with Crippen molar-refractivity contribution in [2.45, 2.75) is 13.0 Å². The molecular formula is C16H14BrClN2O3. The zero-order chi connectivity index (χ0) is 16.8. The SMILES string of the molecule is CC(Oc1cccc(Br)c1)C(=O)NNC(=O)c1cccc(Cl)c1. The van der Waals surface area contributed by atoms with Gasteiger partial charge in [0.1, 0.15) is 5.75 Å². The number of benzene rings is 2. The van der Waals surface area contributed by atoms with E-state index in [0.717, 1.165) is 4.47 Å². The Hall–Kier alpha value is -2.05. The Labute approximate surface area is 147 Å². The van der Waals surface area contributed by atoms with Crippen molar-refractivity contribution < 1.29 is 14.3 Å². The molecule has 0 bridgehead atoms. The Kier molecular flexibility index (Phi) is 6.01. The fraction of sp³-hybridized carbons (Fsp3) is 0.125. The van der Waals surface area contributed by atoms with Gasteiger partial charge in [-0.15, -0.1) is 0 Å². The van der Waals surface area contributed by atoms with E-state index in [-0.39, 0.29) is 0 Å². The minimum atomic E-state index is -0.774. The quantitative estimate of drug-likeness (QED) is 0.778. The topological polar surface area (TPSA) is 67.4 Å². The van der Waals surface area contributed by atoms with E-state index in [9.17, 15) is 9.59 Å². The van der Waals surface area contributed by atoms with Crippen LogP contribution in [0.1, 0.15) is 17.3 Å². The van der Waals surface area contributed by atoms with E-state index in [1.165, 1.54) is 6.07 Å². The van der Waals surface area contributed by atoms with Gasteiger partial charge in [-0.2, -0.15) is 0 Å². The zero-order valence-corrected chi connectivity index (χ0v) is 14.5. The van der Waals surface area contributed by atoms with Gasteiger partial charge in [0.2, 0.25) is 0 Å². The summed E-state index contributed by atoms with van der Waals surface area (Å²) in [5, 5.41) is 0.440. The van der Waals surface area contributed by atoms with Crippen LogP contribution in [0.15, 0.2) is 53.0 Å². The van der Waals surface area contributed by atoms with Crippen molar-refractivity contribution in [3.05, 3.63) is 63.6 Å². The van der Waals surface area contributed by atoms with Crippen LogP contribution in [-0.2, 0) is 4.79 Å². The second-order valence-corrected chi connectivity index (χ2v) is 6.02. The van der Waals surface area contributed by atoms with Gasteiger partial charge in [-0.25, -0.2) is 0 Å². The summed E-state index contributed by atoms with van der Waals surface area (Å²) in [6.07, 6.45) is -0.774. The van der Waals surface area contributed by atoms with Crippen LogP contribution >= 0.6 is 27.5 Å². The molecule has 5 nitrogen and oxygen atoms in total. The Morgan fingerprint density at radius 3 is 2.57 bits per heavy atom. The molecule has 0 spiro atoms. The largest absolute Gasteiger partial charge is 0.481 e. The molecule has 0 aromatic heterocycles. The van der Waals surface area contributed by atoms with Crippen molar-refractivity contribution in [3.8, 4) is 5.75 Å². The molecule has 23 heavy (non-hydrogen) atoms. The number of halogens is 2. The second-order valence-electron chi connectivity index (χ2n) is 4.67. The summed E-state index contributed by atoms with van der Waals surface area (Å²) in [6, 6.07) is 13.5. The Morgan fingerprint density at radius 2 is 1.87 bits per heavy atom. The Morgan fingerprint density at radius 1 is 1.13 bits per heavy atom. The van der Waals surface area contributed by atoms with E-state index in [4.69, 9.17) is 16.3 Å². The molecule has 0 saturated carbocycles. The Balaban J connectivity index is 1.87. The predicted octanol–water partition coefficient (Wildman–Crippen LogP) is 3.33. The minimum Gasteiger partial charge on any atom is -0.481 e. The Bertz CT molecular complexity index is 724. The number of rotatable bonds is 4. The highest BCUT2D eigenvalue weighted by molar-refractivity contribution is 9.10. The smallest absolute Gasteiger partial charge is 0.279 e. The number of nitrogens with one attached hydrogen (secondary N) is 2. The summed E-state index contributed by atoms with van der Waals surface area (Å²) in [5.74, 6) is -0.390. The number of carbonyl (C=O) groups excluding carboxylic acids is 2. The highest BCUT2D eigenvalue weighted by atomic mass is 79.9. The predicted molar refractivity (Wildman–Crippen MR) is 91.3 cm³/mol. The maximum Gasteiger partial charge on any atom is 0.279 e. The van der Waals surface area contributed by atoms with Crippen LogP contribution in [0.2, 0.25) is 5.02 Å². The second kappa shape index (κ2) is 7.99. The normalized spacial score (nSPS) is 11.4. The standard InChI is InChI=1S/C16H14BrClN2O3/c1-10(23-14-7-3-5-12(17)9-14)15(21)19-20-16(22)11-4-2-6-13(18)8-11/h2-10H,1H3,(H,19,21)(H,20,22). The lowest BCUT2D eigenvalue weighted by Gasteiger charge is -2.15. The molecule has 7 heteroatoms. The minimum absolute atomic E-state index is 0.346. The van der Waals surface area contributed by atoms with Crippen LogP contribution < -0.4 is 15.6 Å². The van der Waals surface area contributed by atoms with Gasteiger partial charge in [0.05, 0.1) is 0 Å². The van der Waals surface area contributed by atoms with Gasteiger partial charge in [0.15, 0.2) is 6.10 Å². The number of hydrogen-bond donors (Lipinski definition) is 2. The molecule has 0 aliphatic carbocycles. The maximum absolute atomic E-state index is 11.9. The van der Waals surface area contributed by atoms with E-state index in [2.05, 4.69) is 26.8 Å². The molecule has 2 amide bonds. The van der Waals surface area contributed by atoms with Gasteiger partial charge >= 0.3 is 0 Å². The molecule has 2 rings (SSSR count). The van der Waals surface area contributed by atoms with Crippen molar-refractivity contribution in [2.75, 3.05) is 0 Å². The average molecular weight is 398 g/mol. The number of hydrogen-bond acceptors (Lipinski definition) is 3. The van der Waals surface area contributed by atoms with E-state index in [0.29, 0.717) is 16.3 Å². The van der Waals surface area contributed by atoms with Crippen molar-refractivity contribution >= 4 is 39.3 Å². The molecular weight excluding hydrogens is 384 g/mol. The summed E-state index contributed by atoms with van der Waals surface area (Å²) >= 11 is 9.14. The van der Waals surface area contributed by atoms with Gasteiger partial charge in [-0.1, -0.05) is 39.7 Å². The van der Waals surface area contributed by atoms with Crippen LogP contribution in [0.25, 0.3) is 0 Å². The van der Waals surface area contributed by atoms with Crippen LogP contribution in [-0.4, -0.2) is 17.9 Å². The van der Waals surface area contributed by atoms with Gasteiger partial charge in [0, 0.05) is 15.1 Å². The summed E-state index contributed by atoms with van der Waals surface area (Å²) in [4.78, 5) is 23.8. The molecule has 1 atom stereocenters. The third kappa shape index (κ3) is 5.26. The summed E-state index contributed by atoms with van der Waals surface area (Å²) < 4.78 is 6.34. The third-order valence-electron chi connectivity index (χ3n) is 2.86. The molecule has 0 aliphatic rings. The summed E-state index contributed by atoms with van der Waals surface area (Å²) in [5.41, 5.74) is 4.98. The van der Waals surface area contributed by atoms with Gasteiger partial charge < -0.3 is 4.74 Å². The van der Waals surface area contributed by atoms with Gasteiger partial charge in [-0.05, 0) is 43.3 Å². The first-order valence-electron chi connectivity index (χ1n) is 6.73. The summed E-state index contributed by atoms with van der Waals surface area (Å²) in [6.45, 7) is 1.59. The van der Waals surface area contributed by atoms with E-state index >= 15 is 0 Å². The molecule has 120 valence electrons. The molecule has 0 saturated heterocycles. The third-order valence-corrected chi connectivity index (χ3v) is 3.59. The fourth-order valence-corrected chi connectivity index (χ4v) is 2.29. The molecule has 0 fully saturated rings. The first kappa shape index (κ1) is 17.3. The molecule has 2 aromatic carbocycles. The number of carbonyl (C=O) groups is 2. The fourth-order valence-electron chi connectivity index (χ4n) is 1.72. The van der Waals surface area contributed by atoms with Crippen LogP contribution in [0.5, 0.6) is 5.75 Å². The van der Waals surface area contributed by atoms with E-state index in [1.54, 1.807) is 43.3 Å². The lowest BCUT2D eigenvalue weighted by atomic mass is 10.2. The molecule has 0 aliphatic heterocycles. The molecule has 2 aromatic rings. The van der Waals surface area contributed by atoms with Crippen LogP contribution in [0.3, 0.4) is 0 Å². The van der Waals surface area contributed by atoms with Crippen molar-refractivity contribution in [1.82, 2.24) is 10.9 Å². The highest BCUT2D eigenvalue weighted by Gasteiger charge is 2.16. The highest BCUT2D eigenvalue weighted by Crippen LogP contribution is 2.18. The maximum atomic E-state index is 11.9. The average Bonchev–Trinajstić information content (AvgIpc) is 2.52. The van der Waals surface area contributed by atoms with Gasteiger partial charge in [-0.3, -0.25) is 20.4 Å². The van der Waals surface area contributed by atoms with E-state index in [1.807, 2.05) is 6.07 Å². The number of amides is 2. The lowest BCUT2D eigenvalue weighted by Crippen LogP contribution is -2.47. The van der Waals surface area contributed by atoms with E-state index < -0.39 is 17.9 Å². The first-order valence-corrected chi connectivity index (χ1v) is 7.91. The van der Waals surface area contributed by atoms with Crippen LogP contribution in [0.4, 0.5) is 0 Å². The number of hydrazine groups is 1. The van der Waals surface area contributed by atoms with Crippen molar-refractivity contribution in [1.29, 1.82) is 0 Å². The monoisotopic (exact) mass is 396 g/mol. The number of ether oxygens (including phenoxy) is 1. The molecule has 0 radical (unpaired) electrons.